The maximum atomic E-state index is 12.4. The van der Waals surface area contributed by atoms with Crippen molar-refractivity contribution in [1.82, 2.24) is 5.32 Å². The second-order valence-corrected chi connectivity index (χ2v) is 5.92. The van der Waals surface area contributed by atoms with E-state index < -0.39 is 0 Å². The number of rotatable bonds is 4. The predicted octanol–water partition coefficient (Wildman–Crippen LogP) is 3.67. The maximum Gasteiger partial charge on any atom is 0.336 e. The number of carbonyl (C=O) groups is 1. The maximum absolute atomic E-state index is 12.4. The number of nitrogens with one attached hydrogen (secondary N) is 1. The first-order valence-corrected chi connectivity index (χ1v) is 7.36. The fourth-order valence-electron chi connectivity index (χ4n) is 2.33. The molecule has 21 heavy (non-hydrogen) atoms. The molecule has 0 saturated heterocycles. The van der Waals surface area contributed by atoms with Crippen molar-refractivity contribution in [3.8, 4) is 0 Å². The SMILES string of the molecule is CC1=C(C(=O)OCC(C)C)C(c2ccc(C)cc2)C=CN1. The van der Waals surface area contributed by atoms with Crippen molar-refractivity contribution in [2.24, 2.45) is 5.92 Å². The smallest absolute Gasteiger partial charge is 0.336 e. The summed E-state index contributed by atoms with van der Waals surface area (Å²) in [4.78, 5) is 12.4. The number of benzene rings is 1. The lowest BCUT2D eigenvalue weighted by Crippen LogP contribution is -2.24. The Balaban J connectivity index is 2.26. The van der Waals surface area contributed by atoms with Crippen LogP contribution >= 0.6 is 0 Å². The van der Waals surface area contributed by atoms with Gasteiger partial charge in [-0.3, -0.25) is 0 Å². The van der Waals surface area contributed by atoms with Crippen molar-refractivity contribution in [3.63, 3.8) is 0 Å². The van der Waals surface area contributed by atoms with Crippen LogP contribution in [0.2, 0.25) is 0 Å². The Hall–Kier alpha value is -2.03. The van der Waals surface area contributed by atoms with Crippen molar-refractivity contribution >= 4 is 5.97 Å². The molecule has 1 aliphatic heterocycles. The van der Waals surface area contributed by atoms with Crippen molar-refractivity contribution < 1.29 is 9.53 Å². The van der Waals surface area contributed by atoms with Crippen molar-refractivity contribution in [3.05, 3.63) is 58.9 Å². The largest absolute Gasteiger partial charge is 0.462 e. The summed E-state index contributed by atoms with van der Waals surface area (Å²) in [7, 11) is 0. The molecule has 1 aliphatic rings. The average molecular weight is 285 g/mol. The van der Waals surface area contributed by atoms with Gasteiger partial charge in [-0.25, -0.2) is 4.79 Å². The van der Waals surface area contributed by atoms with Gasteiger partial charge >= 0.3 is 5.97 Å². The Bertz CT molecular complexity index is 567. The molecule has 2 rings (SSSR count). The number of hydrogen-bond donors (Lipinski definition) is 1. The molecule has 0 saturated carbocycles. The quantitative estimate of drug-likeness (QED) is 0.858. The summed E-state index contributed by atoms with van der Waals surface area (Å²) < 4.78 is 5.42. The van der Waals surface area contributed by atoms with Gasteiger partial charge < -0.3 is 10.1 Å². The molecule has 1 heterocycles. The number of dihydropyridines is 1. The fourth-order valence-corrected chi connectivity index (χ4v) is 2.33. The molecule has 1 atom stereocenters. The van der Waals surface area contributed by atoms with Crippen LogP contribution in [0.15, 0.2) is 47.8 Å². The molecular weight excluding hydrogens is 262 g/mol. The van der Waals surface area contributed by atoms with Crippen LogP contribution in [0.25, 0.3) is 0 Å². The Morgan fingerprint density at radius 1 is 1.24 bits per heavy atom. The second-order valence-electron chi connectivity index (χ2n) is 5.92. The first-order valence-electron chi connectivity index (χ1n) is 7.36. The third-order valence-corrected chi connectivity index (χ3v) is 3.51. The van der Waals surface area contributed by atoms with Crippen molar-refractivity contribution in [2.45, 2.75) is 33.6 Å². The van der Waals surface area contributed by atoms with Crippen LogP contribution in [0.5, 0.6) is 0 Å². The van der Waals surface area contributed by atoms with Gasteiger partial charge in [0, 0.05) is 11.6 Å². The Morgan fingerprint density at radius 2 is 1.90 bits per heavy atom. The van der Waals surface area contributed by atoms with Crippen LogP contribution < -0.4 is 5.32 Å². The van der Waals surface area contributed by atoms with Crippen molar-refractivity contribution in [2.75, 3.05) is 6.61 Å². The number of esters is 1. The highest BCUT2D eigenvalue weighted by atomic mass is 16.5. The van der Waals surface area contributed by atoms with Crippen LogP contribution in [0.3, 0.4) is 0 Å². The zero-order chi connectivity index (χ0) is 15.4. The zero-order valence-corrected chi connectivity index (χ0v) is 13.1. The molecule has 112 valence electrons. The Labute approximate surface area is 126 Å². The standard InChI is InChI=1S/C18H23NO2/c1-12(2)11-21-18(20)17-14(4)19-10-9-16(17)15-7-5-13(3)6-8-15/h5-10,12,16,19H,11H2,1-4H3. The highest BCUT2D eigenvalue weighted by molar-refractivity contribution is 5.92. The molecule has 1 unspecified atom stereocenters. The molecule has 0 aromatic heterocycles. The van der Waals surface area contributed by atoms with Gasteiger partial charge in [0.05, 0.1) is 12.2 Å². The monoisotopic (exact) mass is 285 g/mol. The van der Waals surface area contributed by atoms with Crippen LogP contribution in [0, 0.1) is 12.8 Å². The van der Waals surface area contributed by atoms with E-state index in [2.05, 4.69) is 36.5 Å². The Kier molecular flexibility index (Phi) is 4.84. The number of hydrogen-bond acceptors (Lipinski definition) is 3. The summed E-state index contributed by atoms with van der Waals surface area (Å²) in [6.45, 7) is 8.48. The van der Waals surface area contributed by atoms with Gasteiger partial charge in [0.25, 0.3) is 0 Å². The van der Waals surface area contributed by atoms with E-state index in [0.717, 1.165) is 11.3 Å². The van der Waals surface area contributed by atoms with Gasteiger partial charge in [0.1, 0.15) is 0 Å². The number of carbonyl (C=O) groups excluding carboxylic acids is 1. The lowest BCUT2D eigenvalue weighted by molar-refractivity contribution is -0.140. The topological polar surface area (TPSA) is 38.3 Å². The van der Waals surface area contributed by atoms with Gasteiger partial charge in [-0.2, -0.15) is 0 Å². The van der Waals surface area contributed by atoms with Crippen LogP contribution in [0.1, 0.15) is 37.8 Å². The molecule has 0 aliphatic carbocycles. The van der Waals surface area contributed by atoms with E-state index in [-0.39, 0.29) is 11.9 Å². The minimum absolute atomic E-state index is 0.0495. The summed E-state index contributed by atoms with van der Waals surface area (Å²) in [6, 6.07) is 8.27. The summed E-state index contributed by atoms with van der Waals surface area (Å²) in [5, 5.41) is 3.11. The van der Waals surface area contributed by atoms with Crippen LogP contribution in [-0.4, -0.2) is 12.6 Å². The minimum atomic E-state index is -0.233. The predicted molar refractivity (Wildman–Crippen MR) is 84.7 cm³/mol. The van der Waals surface area contributed by atoms with Gasteiger partial charge in [0.2, 0.25) is 0 Å². The summed E-state index contributed by atoms with van der Waals surface area (Å²) >= 11 is 0. The van der Waals surface area contributed by atoms with E-state index in [9.17, 15) is 4.79 Å². The van der Waals surface area contributed by atoms with E-state index >= 15 is 0 Å². The second kappa shape index (κ2) is 6.61. The van der Waals surface area contributed by atoms with Gasteiger partial charge in [-0.15, -0.1) is 0 Å². The number of allylic oxidation sites excluding steroid dienone is 2. The Morgan fingerprint density at radius 3 is 2.52 bits per heavy atom. The van der Waals surface area contributed by atoms with E-state index in [1.165, 1.54) is 5.56 Å². The van der Waals surface area contributed by atoms with E-state index in [1.54, 1.807) is 0 Å². The first-order chi connectivity index (χ1) is 9.99. The molecule has 0 spiro atoms. The lowest BCUT2D eigenvalue weighted by atomic mass is 9.88. The van der Waals surface area contributed by atoms with E-state index in [0.29, 0.717) is 18.1 Å². The van der Waals surface area contributed by atoms with E-state index in [1.807, 2.05) is 33.0 Å². The third-order valence-electron chi connectivity index (χ3n) is 3.51. The minimum Gasteiger partial charge on any atom is -0.462 e. The average Bonchev–Trinajstić information content (AvgIpc) is 2.45. The van der Waals surface area contributed by atoms with E-state index in [4.69, 9.17) is 4.74 Å². The zero-order valence-electron chi connectivity index (χ0n) is 13.1. The molecule has 0 bridgehead atoms. The summed E-state index contributed by atoms with van der Waals surface area (Å²) in [6.07, 6.45) is 3.89. The fraction of sp³-hybridized carbons (Fsp3) is 0.389. The summed E-state index contributed by atoms with van der Waals surface area (Å²) in [5.41, 5.74) is 3.87. The molecule has 0 fully saturated rings. The molecule has 1 N–H and O–H groups in total. The molecule has 0 radical (unpaired) electrons. The van der Waals surface area contributed by atoms with Gasteiger partial charge in [0.15, 0.2) is 0 Å². The molecule has 0 amide bonds. The van der Waals surface area contributed by atoms with Crippen LogP contribution in [0.4, 0.5) is 0 Å². The molecule has 3 heteroatoms. The molecule has 1 aromatic carbocycles. The van der Waals surface area contributed by atoms with Crippen molar-refractivity contribution in [1.29, 1.82) is 0 Å². The van der Waals surface area contributed by atoms with Gasteiger partial charge in [-0.05, 0) is 31.5 Å². The van der Waals surface area contributed by atoms with Crippen LogP contribution in [-0.2, 0) is 9.53 Å². The highest BCUT2D eigenvalue weighted by Gasteiger charge is 2.26. The first kappa shape index (κ1) is 15.4. The molecule has 3 nitrogen and oxygen atoms in total. The summed E-state index contributed by atoms with van der Waals surface area (Å²) in [5.74, 6) is 0.0508. The highest BCUT2D eigenvalue weighted by Crippen LogP contribution is 2.31. The molecule has 1 aromatic rings. The van der Waals surface area contributed by atoms with Gasteiger partial charge in [-0.1, -0.05) is 49.8 Å². The third kappa shape index (κ3) is 3.75. The normalized spacial score (nSPS) is 17.9. The lowest BCUT2D eigenvalue weighted by Gasteiger charge is -2.23. The molecular formula is C18H23NO2. The number of aryl methyl sites for hydroxylation is 1. The number of ether oxygens (including phenoxy) is 1.